The fourth-order valence-corrected chi connectivity index (χ4v) is 5.16. The molecule has 164 valence electrons. The smallest absolute Gasteiger partial charge is 0.264 e. The van der Waals surface area contributed by atoms with Crippen LogP contribution in [-0.2, 0) is 6.54 Å². The van der Waals surface area contributed by atoms with Crippen molar-refractivity contribution in [2.45, 2.75) is 39.7 Å². The number of nitrogens with zero attached hydrogens (tertiary/aromatic N) is 4. The number of carbonyl (C=O) groups is 1. The molecule has 4 rings (SSSR count). The zero-order chi connectivity index (χ0) is 22.0. The number of aromatic nitrogens is 2. The highest BCUT2D eigenvalue weighted by Crippen LogP contribution is 2.29. The molecule has 0 saturated carbocycles. The number of carbonyl (C=O) groups excluding carboxylic acids is 1. The van der Waals surface area contributed by atoms with Crippen molar-refractivity contribution in [3.05, 3.63) is 57.2 Å². The third-order valence-corrected chi connectivity index (χ3v) is 7.06. The van der Waals surface area contributed by atoms with Gasteiger partial charge in [-0.3, -0.25) is 14.2 Å². The number of hydrogen-bond acceptors (Lipinski definition) is 5. The minimum absolute atomic E-state index is 0.0710. The maximum Gasteiger partial charge on any atom is 0.264 e. The molecular weight excluding hydrogens is 415 g/mol. The lowest BCUT2D eigenvalue weighted by Gasteiger charge is -2.36. The normalized spacial score (nSPS) is 14.4. The van der Waals surface area contributed by atoms with Crippen LogP contribution in [0.15, 0.2) is 35.4 Å². The molecule has 8 heteroatoms. The minimum atomic E-state index is -0.246. The lowest BCUT2D eigenvalue weighted by atomic mass is 10.2. The first-order chi connectivity index (χ1) is 15.0. The number of rotatable bonds is 6. The summed E-state index contributed by atoms with van der Waals surface area (Å²) < 4.78 is 15.7. The molecular formula is C23H27FN4O2S. The number of para-hydroxylation sites is 1. The number of amides is 1. The van der Waals surface area contributed by atoms with Gasteiger partial charge in [-0.25, -0.2) is 9.37 Å². The van der Waals surface area contributed by atoms with Crippen LogP contribution in [0.5, 0.6) is 0 Å². The van der Waals surface area contributed by atoms with E-state index in [1.54, 1.807) is 27.9 Å². The summed E-state index contributed by atoms with van der Waals surface area (Å²) in [5.74, 6) is -0.325. The molecule has 1 aliphatic rings. The zero-order valence-corrected chi connectivity index (χ0v) is 18.8. The van der Waals surface area contributed by atoms with Crippen LogP contribution < -0.4 is 10.5 Å². The van der Waals surface area contributed by atoms with Gasteiger partial charge in [0.05, 0.1) is 22.3 Å². The number of aryl methyl sites for hydroxylation is 2. The summed E-state index contributed by atoms with van der Waals surface area (Å²) in [5, 5.41) is 0.553. The average molecular weight is 443 g/mol. The molecule has 1 aliphatic heterocycles. The molecule has 3 aromatic rings. The van der Waals surface area contributed by atoms with Crippen molar-refractivity contribution in [2.75, 3.05) is 31.1 Å². The molecule has 31 heavy (non-hydrogen) atoms. The van der Waals surface area contributed by atoms with Gasteiger partial charge in [-0.1, -0.05) is 31.9 Å². The molecule has 0 radical (unpaired) electrons. The van der Waals surface area contributed by atoms with E-state index in [1.807, 2.05) is 17.9 Å². The second-order valence-electron chi connectivity index (χ2n) is 7.92. The average Bonchev–Trinajstić information content (AvgIpc) is 3.12. The van der Waals surface area contributed by atoms with Crippen LogP contribution in [0, 0.1) is 12.7 Å². The fraction of sp³-hybridized carbons (Fsp3) is 0.435. The van der Waals surface area contributed by atoms with Crippen molar-refractivity contribution in [1.29, 1.82) is 0 Å². The molecule has 0 atom stereocenters. The molecule has 0 spiro atoms. The highest BCUT2D eigenvalue weighted by molar-refractivity contribution is 7.20. The van der Waals surface area contributed by atoms with Gasteiger partial charge in [-0.15, -0.1) is 11.3 Å². The van der Waals surface area contributed by atoms with E-state index in [1.165, 1.54) is 17.4 Å². The number of hydrogen-bond donors (Lipinski definition) is 0. The van der Waals surface area contributed by atoms with Gasteiger partial charge in [0.2, 0.25) is 0 Å². The van der Waals surface area contributed by atoms with Crippen LogP contribution in [0.3, 0.4) is 0 Å². The first-order valence-corrected chi connectivity index (χ1v) is 11.6. The first-order valence-electron chi connectivity index (χ1n) is 10.8. The van der Waals surface area contributed by atoms with E-state index in [9.17, 15) is 14.0 Å². The van der Waals surface area contributed by atoms with Gasteiger partial charge in [0.25, 0.3) is 11.5 Å². The molecule has 0 N–H and O–H groups in total. The third kappa shape index (κ3) is 4.21. The molecule has 1 saturated heterocycles. The highest BCUT2D eigenvalue weighted by atomic mass is 32.1. The van der Waals surface area contributed by atoms with Gasteiger partial charge in [0.15, 0.2) is 0 Å². The van der Waals surface area contributed by atoms with Crippen LogP contribution >= 0.6 is 11.3 Å². The van der Waals surface area contributed by atoms with Crippen LogP contribution in [-0.4, -0.2) is 46.5 Å². The quantitative estimate of drug-likeness (QED) is 0.540. The Labute approximate surface area is 184 Å². The van der Waals surface area contributed by atoms with E-state index in [2.05, 4.69) is 11.9 Å². The predicted molar refractivity (Wildman–Crippen MR) is 123 cm³/mol. The Hall–Kier alpha value is -2.74. The van der Waals surface area contributed by atoms with Crippen molar-refractivity contribution in [3.8, 4) is 0 Å². The summed E-state index contributed by atoms with van der Waals surface area (Å²) in [4.78, 5) is 35.6. The summed E-state index contributed by atoms with van der Waals surface area (Å²) in [7, 11) is 0. The highest BCUT2D eigenvalue weighted by Gasteiger charge is 2.27. The second kappa shape index (κ2) is 9.18. The molecule has 1 fully saturated rings. The van der Waals surface area contributed by atoms with E-state index in [0.717, 1.165) is 19.3 Å². The van der Waals surface area contributed by atoms with Crippen LogP contribution in [0.4, 0.5) is 10.1 Å². The number of halogens is 1. The lowest BCUT2D eigenvalue weighted by molar-refractivity contribution is 0.0751. The number of fused-ring (bicyclic) bond motifs is 1. The lowest BCUT2D eigenvalue weighted by Crippen LogP contribution is -2.49. The van der Waals surface area contributed by atoms with Crippen molar-refractivity contribution in [1.82, 2.24) is 14.5 Å². The number of piperazine rings is 1. The van der Waals surface area contributed by atoms with Crippen LogP contribution in [0.25, 0.3) is 10.2 Å². The van der Waals surface area contributed by atoms with Gasteiger partial charge >= 0.3 is 0 Å². The van der Waals surface area contributed by atoms with Gasteiger partial charge in [0.1, 0.15) is 10.6 Å². The monoisotopic (exact) mass is 442 g/mol. The second-order valence-corrected chi connectivity index (χ2v) is 8.92. The molecule has 1 amide bonds. The van der Waals surface area contributed by atoms with Crippen LogP contribution in [0.2, 0.25) is 0 Å². The fourth-order valence-electron chi connectivity index (χ4n) is 4.06. The van der Waals surface area contributed by atoms with E-state index in [-0.39, 0.29) is 17.3 Å². The Balaban J connectivity index is 1.52. The molecule has 2 aromatic heterocycles. The molecule has 0 aliphatic carbocycles. The van der Waals surface area contributed by atoms with E-state index in [4.69, 9.17) is 0 Å². The molecule has 1 aromatic carbocycles. The zero-order valence-electron chi connectivity index (χ0n) is 17.9. The van der Waals surface area contributed by atoms with E-state index >= 15 is 0 Å². The first kappa shape index (κ1) is 21.5. The standard InChI is InChI=1S/C23H27FN4O2S/c1-3-4-7-10-28-15-25-21-19(22(28)29)16(2)20(31-21)23(30)27-13-11-26(12-14-27)18-9-6-5-8-17(18)24/h5-6,8-9,15H,3-4,7,10-14H2,1-2H3. The summed E-state index contributed by atoms with van der Waals surface area (Å²) in [5.41, 5.74) is 1.21. The topological polar surface area (TPSA) is 58.4 Å². The molecule has 6 nitrogen and oxygen atoms in total. The maximum atomic E-state index is 14.1. The van der Waals surface area contributed by atoms with Crippen molar-refractivity contribution in [3.63, 3.8) is 0 Å². The van der Waals surface area contributed by atoms with Gasteiger partial charge in [0, 0.05) is 32.7 Å². The van der Waals surface area contributed by atoms with Crippen molar-refractivity contribution >= 4 is 33.1 Å². The number of anilines is 1. The Morgan fingerprint density at radius 2 is 1.90 bits per heavy atom. The van der Waals surface area contributed by atoms with Crippen molar-refractivity contribution < 1.29 is 9.18 Å². The summed E-state index contributed by atoms with van der Waals surface area (Å²) >= 11 is 1.29. The molecule has 3 heterocycles. The van der Waals surface area contributed by atoms with Crippen molar-refractivity contribution in [2.24, 2.45) is 0 Å². The summed E-state index contributed by atoms with van der Waals surface area (Å²) in [6.45, 7) is 6.76. The molecule has 0 unspecified atom stereocenters. The summed E-state index contributed by atoms with van der Waals surface area (Å²) in [6.07, 6.45) is 4.68. The number of benzene rings is 1. The Morgan fingerprint density at radius 3 is 2.61 bits per heavy atom. The Bertz CT molecular complexity index is 1150. The van der Waals surface area contributed by atoms with Crippen LogP contribution in [0.1, 0.15) is 41.4 Å². The Morgan fingerprint density at radius 1 is 1.16 bits per heavy atom. The van der Waals surface area contributed by atoms with E-state index < -0.39 is 0 Å². The summed E-state index contributed by atoms with van der Waals surface area (Å²) in [6, 6.07) is 6.71. The predicted octanol–water partition coefficient (Wildman–Crippen LogP) is 4.06. The number of unbranched alkanes of at least 4 members (excludes halogenated alkanes) is 2. The van der Waals surface area contributed by atoms with E-state index in [0.29, 0.717) is 59.1 Å². The Kier molecular flexibility index (Phi) is 6.36. The van der Waals surface area contributed by atoms with Gasteiger partial charge in [-0.05, 0) is 31.0 Å². The number of thiophene rings is 1. The third-order valence-electron chi connectivity index (χ3n) is 5.87. The maximum absolute atomic E-state index is 14.1. The molecule has 0 bridgehead atoms. The van der Waals surface area contributed by atoms with Gasteiger partial charge < -0.3 is 9.80 Å². The SMILES string of the molecule is CCCCCn1cnc2sc(C(=O)N3CCN(c4ccccc4F)CC3)c(C)c2c1=O. The largest absolute Gasteiger partial charge is 0.366 e. The minimum Gasteiger partial charge on any atom is -0.366 e. The van der Waals surface area contributed by atoms with Gasteiger partial charge in [-0.2, -0.15) is 0 Å².